The lowest BCUT2D eigenvalue weighted by atomic mass is 9.89. The summed E-state index contributed by atoms with van der Waals surface area (Å²) in [5, 5.41) is 8.05. The molecule has 0 saturated heterocycles. The Morgan fingerprint density at radius 2 is 1.88 bits per heavy atom. The third kappa shape index (κ3) is 5.54. The predicted octanol–water partition coefficient (Wildman–Crippen LogP) is 3.52. The summed E-state index contributed by atoms with van der Waals surface area (Å²) in [5.41, 5.74) is 1.15. The number of aromatic nitrogens is 2. The van der Waals surface area contributed by atoms with E-state index in [1.807, 2.05) is 26.2 Å². The first-order chi connectivity index (χ1) is 12.3. The van der Waals surface area contributed by atoms with Gasteiger partial charge in [-0.1, -0.05) is 13.8 Å². The zero-order valence-corrected chi connectivity index (χ0v) is 17.0. The van der Waals surface area contributed by atoms with Crippen LogP contribution in [0.3, 0.4) is 0 Å². The van der Waals surface area contributed by atoms with Gasteiger partial charge in [0.1, 0.15) is 22.2 Å². The molecular formula is C18H23N3O3S2. The number of ketones is 2. The summed E-state index contributed by atoms with van der Waals surface area (Å²) in [6.45, 7) is 7.53. The lowest BCUT2D eigenvalue weighted by Crippen LogP contribution is -2.36. The van der Waals surface area contributed by atoms with Gasteiger partial charge < -0.3 is 5.32 Å². The number of hydrogen-bond acceptors (Lipinski definition) is 7. The number of nitrogens with one attached hydrogen (secondary N) is 1. The molecule has 1 atom stereocenters. The Labute approximate surface area is 161 Å². The number of carbonyl (C=O) groups is 3. The molecule has 0 bridgehead atoms. The summed E-state index contributed by atoms with van der Waals surface area (Å²) in [6, 6.07) is 0. The van der Waals surface area contributed by atoms with E-state index in [1.165, 1.54) is 29.6 Å². The maximum Gasteiger partial charge on any atom is 0.223 e. The molecule has 0 fully saturated rings. The van der Waals surface area contributed by atoms with Crippen molar-refractivity contribution in [3.63, 3.8) is 0 Å². The number of nitrogens with zero attached hydrogens (tertiary/aromatic N) is 2. The minimum Gasteiger partial charge on any atom is -0.355 e. The highest BCUT2D eigenvalue weighted by molar-refractivity contribution is 7.14. The first-order valence-electron chi connectivity index (χ1n) is 8.46. The number of rotatable bonds is 9. The van der Waals surface area contributed by atoms with E-state index in [-0.39, 0.29) is 29.8 Å². The zero-order chi connectivity index (χ0) is 19.3. The molecule has 1 N–H and O–H groups in total. The molecule has 0 saturated carbocycles. The van der Waals surface area contributed by atoms with Crippen molar-refractivity contribution in [1.82, 2.24) is 15.3 Å². The van der Waals surface area contributed by atoms with E-state index in [2.05, 4.69) is 15.3 Å². The molecule has 0 aromatic carbocycles. The zero-order valence-electron chi connectivity index (χ0n) is 15.4. The normalized spacial score (nSPS) is 12.2. The Balaban J connectivity index is 2.02. The van der Waals surface area contributed by atoms with Gasteiger partial charge in [0.2, 0.25) is 5.91 Å². The monoisotopic (exact) mass is 393 g/mol. The highest BCUT2D eigenvalue weighted by Crippen LogP contribution is 2.26. The molecule has 26 heavy (non-hydrogen) atoms. The molecular weight excluding hydrogens is 370 g/mol. The second-order valence-corrected chi connectivity index (χ2v) is 8.43. The van der Waals surface area contributed by atoms with Gasteiger partial charge >= 0.3 is 0 Å². The predicted molar refractivity (Wildman–Crippen MR) is 104 cm³/mol. The number of amides is 1. The molecule has 140 valence electrons. The first kappa shape index (κ1) is 20.4. The standard InChI is InChI=1S/C18H23N3O3S2/c1-10(2)13(17(24)19-6-5-11(3)22)7-16(23)14-8-26-18(21-14)15-9-25-12(4)20-15/h8-10,13H,5-7H2,1-4H3,(H,19,24)/t13-/m0/s1. The lowest BCUT2D eigenvalue weighted by Gasteiger charge is -2.19. The maximum atomic E-state index is 12.6. The van der Waals surface area contributed by atoms with Gasteiger partial charge in [-0.15, -0.1) is 22.7 Å². The Morgan fingerprint density at radius 3 is 2.46 bits per heavy atom. The highest BCUT2D eigenvalue weighted by Gasteiger charge is 2.26. The maximum absolute atomic E-state index is 12.6. The van der Waals surface area contributed by atoms with Gasteiger partial charge in [-0.3, -0.25) is 14.4 Å². The topological polar surface area (TPSA) is 89.0 Å². The van der Waals surface area contributed by atoms with E-state index >= 15 is 0 Å². The molecule has 0 spiro atoms. The number of thiazole rings is 2. The molecule has 2 aromatic rings. The summed E-state index contributed by atoms with van der Waals surface area (Å²) in [4.78, 5) is 44.7. The third-order valence-electron chi connectivity index (χ3n) is 3.95. The average Bonchev–Trinajstić information content (AvgIpc) is 3.20. The van der Waals surface area contributed by atoms with Crippen molar-refractivity contribution in [3.05, 3.63) is 21.5 Å². The van der Waals surface area contributed by atoms with Crippen molar-refractivity contribution < 1.29 is 14.4 Å². The van der Waals surface area contributed by atoms with Crippen LogP contribution in [0.1, 0.15) is 49.1 Å². The van der Waals surface area contributed by atoms with Crippen molar-refractivity contribution in [1.29, 1.82) is 0 Å². The fourth-order valence-electron chi connectivity index (χ4n) is 2.41. The van der Waals surface area contributed by atoms with Gasteiger partial charge in [-0.05, 0) is 19.8 Å². The smallest absolute Gasteiger partial charge is 0.223 e. The molecule has 0 aliphatic carbocycles. The summed E-state index contributed by atoms with van der Waals surface area (Å²) < 4.78 is 0. The van der Waals surface area contributed by atoms with E-state index in [1.54, 1.807) is 5.38 Å². The number of carbonyl (C=O) groups excluding carboxylic acids is 3. The van der Waals surface area contributed by atoms with Gasteiger partial charge in [-0.25, -0.2) is 9.97 Å². The third-order valence-corrected chi connectivity index (χ3v) is 5.59. The van der Waals surface area contributed by atoms with Crippen molar-refractivity contribution >= 4 is 40.1 Å². The molecule has 0 aliphatic heterocycles. The lowest BCUT2D eigenvalue weighted by molar-refractivity contribution is -0.126. The molecule has 2 rings (SSSR count). The van der Waals surface area contributed by atoms with Crippen LogP contribution >= 0.6 is 22.7 Å². The van der Waals surface area contributed by atoms with Crippen molar-refractivity contribution in [3.8, 4) is 10.7 Å². The van der Waals surface area contributed by atoms with E-state index in [0.717, 1.165) is 10.7 Å². The van der Waals surface area contributed by atoms with Crippen molar-refractivity contribution in [2.45, 2.75) is 40.5 Å². The second-order valence-electron chi connectivity index (χ2n) is 6.51. The summed E-state index contributed by atoms with van der Waals surface area (Å²) in [7, 11) is 0. The highest BCUT2D eigenvalue weighted by atomic mass is 32.1. The second kappa shape index (κ2) is 9.14. The van der Waals surface area contributed by atoms with Gasteiger partial charge in [0.25, 0.3) is 0 Å². The minimum absolute atomic E-state index is 0.00979. The number of hydrogen-bond donors (Lipinski definition) is 1. The van der Waals surface area contributed by atoms with Crippen LogP contribution in [0.2, 0.25) is 0 Å². The molecule has 0 radical (unpaired) electrons. The van der Waals surface area contributed by atoms with E-state index in [4.69, 9.17) is 0 Å². The Kier molecular flexibility index (Phi) is 7.16. The molecule has 2 aromatic heterocycles. The summed E-state index contributed by atoms with van der Waals surface area (Å²) >= 11 is 2.92. The average molecular weight is 394 g/mol. The largest absolute Gasteiger partial charge is 0.355 e. The van der Waals surface area contributed by atoms with Crippen LogP contribution in [0.4, 0.5) is 0 Å². The number of Topliss-reactive ketones (excluding diaryl/α,β-unsaturated/α-hetero) is 2. The van der Waals surface area contributed by atoms with Crippen LogP contribution in [0, 0.1) is 18.8 Å². The molecule has 6 nitrogen and oxygen atoms in total. The van der Waals surface area contributed by atoms with Gasteiger partial charge in [-0.2, -0.15) is 0 Å². The van der Waals surface area contributed by atoms with Crippen LogP contribution in [0.25, 0.3) is 10.7 Å². The molecule has 8 heteroatoms. The van der Waals surface area contributed by atoms with E-state index < -0.39 is 5.92 Å². The van der Waals surface area contributed by atoms with Gasteiger partial charge in [0, 0.05) is 36.1 Å². The van der Waals surface area contributed by atoms with Crippen LogP contribution in [0.5, 0.6) is 0 Å². The van der Waals surface area contributed by atoms with Crippen molar-refractivity contribution in [2.24, 2.45) is 11.8 Å². The number of aryl methyl sites for hydroxylation is 1. The summed E-state index contributed by atoms with van der Waals surface area (Å²) in [6.07, 6.45) is 0.399. The minimum atomic E-state index is -0.443. The molecule has 0 unspecified atom stereocenters. The first-order valence-corrected chi connectivity index (χ1v) is 10.2. The quantitative estimate of drug-likeness (QED) is 0.659. The fraction of sp³-hybridized carbons (Fsp3) is 0.500. The molecule has 1 amide bonds. The fourth-order valence-corrected chi connectivity index (χ4v) is 3.87. The Hall–Kier alpha value is -1.93. The van der Waals surface area contributed by atoms with Crippen LogP contribution in [-0.4, -0.2) is 34.0 Å². The SMILES string of the molecule is CC(=O)CCNC(=O)[C@@H](CC(=O)c1csc(-c2csc(C)n2)n1)C(C)C. The van der Waals surface area contributed by atoms with Crippen LogP contribution in [-0.2, 0) is 9.59 Å². The van der Waals surface area contributed by atoms with E-state index in [9.17, 15) is 14.4 Å². The van der Waals surface area contributed by atoms with E-state index in [0.29, 0.717) is 23.7 Å². The Morgan fingerprint density at radius 1 is 1.15 bits per heavy atom. The summed E-state index contributed by atoms with van der Waals surface area (Å²) in [5.74, 6) is -0.758. The molecule has 2 heterocycles. The van der Waals surface area contributed by atoms with Crippen molar-refractivity contribution in [2.75, 3.05) is 6.54 Å². The molecule has 0 aliphatic rings. The Bertz CT molecular complexity index is 795. The van der Waals surface area contributed by atoms with Gasteiger partial charge in [0.15, 0.2) is 5.78 Å². The van der Waals surface area contributed by atoms with Crippen LogP contribution < -0.4 is 5.32 Å². The van der Waals surface area contributed by atoms with Crippen LogP contribution in [0.15, 0.2) is 10.8 Å². The van der Waals surface area contributed by atoms with Gasteiger partial charge in [0.05, 0.1) is 5.01 Å².